The molecule has 0 aliphatic carbocycles. The van der Waals surface area contributed by atoms with Gasteiger partial charge in [-0.25, -0.2) is 0 Å². The van der Waals surface area contributed by atoms with Crippen molar-refractivity contribution in [1.29, 1.82) is 0 Å². The van der Waals surface area contributed by atoms with Crippen molar-refractivity contribution in [2.45, 2.75) is 39.0 Å². The van der Waals surface area contributed by atoms with E-state index in [1.54, 1.807) is 7.11 Å². The van der Waals surface area contributed by atoms with Crippen molar-refractivity contribution in [3.8, 4) is 17.1 Å². The van der Waals surface area contributed by atoms with E-state index < -0.39 is 0 Å². The van der Waals surface area contributed by atoms with E-state index in [1.165, 1.54) is 0 Å². The van der Waals surface area contributed by atoms with Crippen molar-refractivity contribution >= 4 is 0 Å². The Hall–Kier alpha value is -1.92. The molecule has 1 aromatic heterocycles. The molecule has 6 nitrogen and oxygen atoms in total. The quantitative estimate of drug-likeness (QED) is 0.845. The molecule has 2 heterocycles. The number of benzene rings is 1. The molecule has 23 heavy (non-hydrogen) atoms. The Morgan fingerprint density at radius 1 is 1.30 bits per heavy atom. The Bertz CT molecular complexity index is 626. The van der Waals surface area contributed by atoms with Crippen LogP contribution in [0.1, 0.15) is 26.2 Å². The van der Waals surface area contributed by atoms with Crippen LogP contribution in [0, 0.1) is 0 Å². The molecule has 1 aliphatic rings. The smallest absolute Gasteiger partial charge is 0.241 e. The van der Waals surface area contributed by atoms with Crippen molar-refractivity contribution < 1.29 is 14.0 Å². The zero-order valence-electron chi connectivity index (χ0n) is 13.9. The lowest BCUT2D eigenvalue weighted by atomic mass is 10.1. The second-order valence-corrected chi connectivity index (χ2v) is 5.88. The van der Waals surface area contributed by atoms with Gasteiger partial charge in [-0.05, 0) is 37.6 Å². The van der Waals surface area contributed by atoms with Crippen LogP contribution in [0.15, 0.2) is 28.8 Å². The molecule has 1 fully saturated rings. The third kappa shape index (κ3) is 3.71. The van der Waals surface area contributed by atoms with Crippen LogP contribution in [0.5, 0.6) is 5.75 Å². The lowest BCUT2D eigenvalue weighted by Crippen LogP contribution is -2.47. The summed E-state index contributed by atoms with van der Waals surface area (Å²) in [5.74, 6) is 2.06. The molecule has 0 bridgehead atoms. The predicted octanol–water partition coefficient (Wildman–Crippen LogP) is 2.74. The molecule has 0 amide bonds. The van der Waals surface area contributed by atoms with Gasteiger partial charge in [0.05, 0.1) is 26.4 Å². The maximum absolute atomic E-state index is 5.73. The fraction of sp³-hybridized carbons (Fsp3) is 0.529. The number of morpholine rings is 1. The molecule has 0 radical (unpaired) electrons. The Labute approximate surface area is 136 Å². The highest BCUT2D eigenvalue weighted by Gasteiger charge is 2.27. The zero-order valence-corrected chi connectivity index (χ0v) is 13.9. The first-order chi connectivity index (χ1) is 11.2. The number of hydrogen-bond acceptors (Lipinski definition) is 6. The third-order valence-electron chi connectivity index (χ3n) is 4.21. The molecule has 1 aliphatic heterocycles. The first kappa shape index (κ1) is 16.0. The van der Waals surface area contributed by atoms with Gasteiger partial charge in [0.1, 0.15) is 5.75 Å². The summed E-state index contributed by atoms with van der Waals surface area (Å²) in [5.41, 5.74) is 0.920. The van der Waals surface area contributed by atoms with Gasteiger partial charge in [-0.3, -0.25) is 4.90 Å². The highest BCUT2D eigenvalue weighted by atomic mass is 16.5. The molecule has 6 heteroatoms. The average Bonchev–Trinajstić information content (AvgIpc) is 3.04. The van der Waals surface area contributed by atoms with Gasteiger partial charge in [0, 0.05) is 18.2 Å². The van der Waals surface area contributed by atoms with Crippen molar-refractivity contribution in [3.05, 3.63) is 30.2 Å². The van der Waals surface area contributed by atoms with Gasteiger partial charge in [-0.15, -0.1) is 0 Å². The minimum Gasteiger partial charge on any atom is -0.497 e. The first-order valence-electron chi connectivity index (χ1n) is 8.02. The van der Waals surface area contributed by atoms with Crippen molar-refractivity contribution in [2.24, 2.45) is 0 Å². The summed E-state index contributed by atoms with van der Waals surface area (Å²) in [4.78, 5) is 6.88. The minimum atomic E-state index is 0.238. The molecular formula is C17H23N3O3. The lowest BCUT2D eigenvalue weighted by molar-refractivity contribution is -0.0620. The summed E-state index contributed by atoms with van der Waals surface area (Å²) in [6.07, 6.45) is 1.29. The van der Waals surface area contributed by atoms with E-state index in [0.29, 0.717) is 24.3 Å². The molecule has 1 saturated heterocycles. The van der Waals surface area contributed by atoms with Gasteiger partial charge >= 0.3 is 0 Å². The fourth-order valence-corrected chi connectivity index (χ4v) is 2.83. The Morgan fingerprint density at radius 3 is 2.78 bits per heavy atom. The van der Waals surface area contributed by atoms with E-state index in [1.807, 2.05) is 24.3 Å². The highest BCUT2D eigenvalue weighted by Crippen LogP contribution is 2.21. The average molecular weight is 317 g/mol. The van der Waals surface area contributed by atoms with E-state index in [-0.39, 0.29) is 6.10 Å². The molecule has 124 valence electrons. The summed E-state index contributed by atoms with van der Waals surface area (Å²) in [7, 11) is 1.65. The van der Waals surface area contributed by atoms with Gasteiger partial charge in [0.15, 0.2) is 0 Å². The van der Waals surface area contributed by atoms with E-state index >= 15 is 0 Å². The standard InChI is InChI=1S/C17H23N3O3/c1-4-14-11-22-12(2)9-20(14)10-16-18-17(19-23-16)13-5-7-15(21-3)8-6-13/h5-8,12,14H,4,9-11H2,1-3H3/t12-,14-/m1/s1. The summed E-state index contributed by atoms with van der Waals surface area (Å²) in [6, 6.07) is 8.05. The maximum atomic E-state index is 5.73. The third-order valence-corrected chi connectivity index (χ3v) is 4.21. The molecule has 3 rings (SSSR count). The second kappa shape index (κ2) is 7.10. The number of hydrogen-bond donors (Lipinski definition) is 0. The summed E-state index contributed by atoms with van der Waals surface area (Å²) >= 11 is 0. The van der Waals surface area contributed by atoms with Crippen LogP contribution < -0.4 is 4.74 Å². The monoisotopic (exact) mass is 317 g/mol. The Morgan fingerprint density at radius 2 is 2.09 bits per heavy atom. The Balaban J connectivity index is 1.70. The van der Waals surface area contributed by atoms with Crippen molar-refractivity contribution in [2.75, 3.05) is 20.3 Å². The van der Waals surface area contributed by atoms with E-state index in [0.717, 1.165) is 30.9 Å². The molecule has 2 aromatic rings. The topological polar surface area (TPSA) is 60.6 Å². The first-order valence-corrected chi connectivity index (χ1v) is 8.02. The van der Waals surface area contributed by atoms with Crippen LogP contribution in [0.2, 0.25) is 0 Å². The zero-order chi connectivity index (χ0) is 16.2. The fourth-order valence-electron chi connectivity index (χ4n) is 2.83. The molecule has 0 spiro atoms. The minimum absolute atomic E-state index is 0.238. The second-order valence-electron chi connectivity index (χ2n) is 5.88. The van der Waals surface area contributed by atoms with E-state index in [9.17, 15) is 0 Å². The van der Waals surface area contributed by atoms with E-state index in [4.69, 9.17) is 14.0 Å². The molecule has 0 N–H and O–H groups in total. The van der Waals surface area contributed by atoms with Crippen LogP contribution in [-0.2, 0) is 11.3 Å². The van der Waals surface area contributed by atoms with Gasteiger partial charge in [-0.2, -0.15) is 4.98 Å². The Kier molecular flexibility index (Phi) is 4.93. The number of rotatable bonds is 5. The SMILES string of the molecule is CC[C@@H]1CO[C@H](C)CN1Cc1nc(-c2ccc(OC)cc2)no1. The van der Waals surface area contributed by atoms with Crippen LogP contribution in [-0.4, -0.2) is 47.4 Å². The van der Waals surface area contributed by atoms with Crippen molar-refractivity contribution in [1.82, 2.24) is 15.0 Å². The maximum Gasteiger partial charge on any atom is 0.241 e. The van der Waals surface area contributed by atoms with Crippen LogP contribution in [0.25, 0.3) is 11.4 Å². The normalized spacial score (nSPS) is 22.2. The highest BCUT2D eigenvalue weighted by molar-refractivity contribution is 5.55. The van der Waals surface area contributed by atoms with Gasteiger partial charge in [0.2, 0.25) is 11.7 Å². The molecule has 0 saturated carbocycles. The summed E-state index contributed by atoms with van der Waals surface area (Å²) in [6.45, 7) is 6.58. The number of aromatic nitrogens is 2. The predicted molar refractivity (Wildman–Crippen MR) is 86.2 cm³/mol. The van der Waals surface area contributed by atoms with Gasteiger partial charge < -0.3 is 14.0 Å². The summed E-state index contributed by atoms with van der Waals surface area (Å²) < 4.78 is 16.3. The van der Waals surface area contributed by atoms with Crippen LogP contribution >= 0.6 is 0 Å². The van der Waals surface area contributed by atoms with Crippen LogP contribution in [0.3, 0.4) is 0 Å². The molecule has 2 atom stereocenters. The largest absolute Gasteiger partial charge is 0.497 e. The van der Waals surface area contributed by atoms with Gasteiger partial charge in [-0.1, -0.05) is 12.1 Å². The van der Waals surface area contributed by atoms with Crippen LogP contribution in [0.4, 0.5) is 0 Å². The number of methoxy groups -OCH3 is 1. The molecular weight excluding hydrogens is 294 g/mol. The van der Waals surface area contributed by atoms with Crippen molar-refractivity contribution in [3.63, 3.8) is 0 Å². The number of ether oxygens (including phenoxy) is 2. The van der Waals surface area contributed by atoms with Gasteiger partial charge in [0.25, 0.3) is 0 Å². The molecule has 1 aromatic carbocycles. The lowest BCUT2D eigenvalue weighted by Gasteiger charge is -2.37. The van der Waals surface area contributed by atoms with E-state index in [2.05, 4.69) is 28.9 Å². The summed E-state index contributed by atoms with van der Waals surface area (Å²) in [5, 5.41) is 4.09. The number of nitrogens with zero attached hydrogens (tertiary/aromatic N) is 3. The molecule has 0 unspecified atom stereocenters.